The van der Waals surface area contributed by atoms with Crippen molar-refractivity contribution in [1.82, 2.24) is 10.3 Å². The lowest BCUT2D eigenvalue weighted by Gasteiger charge is -2.27. The molecule has 1 heterocycles. The lowest BCUT2D eigenvalue weighted by Crippen LogP contribution is -2.48. The molecular formula is C15H26N2O2S. The van der Waals surface area contributed by atoms with Crippen LogP contribution in [0.15, 0.2) is 0 Å². The molecule has 0 amide bonds. The van der Waals surface area contributed by atoms with Crippen molar-refractivity contribution in [2.45, 2.75) is 65.5 Å². The van der Waals surface area contributed by atoms with Gasteiger partial charge in [-0.3, -0.25) is 10.1 Å². The van der Waals surface area contributed by atoms with E-state index < -0.39 is 5.54 Å². The van der Waals surface area contributed by atoms with Crippen molar-refractivity contribution in [3.8, 4) is 0 Å². The van der Waals surface area contributed by atoms with Gasteiger partial charge in [-0.1, -0.05) is 20.8 Å². The van der Waals surface area contributed by atoms with Crippen LogP contribution in [-0.4, -0.2) is 23.6 Å². The van der Waals surface area contributed by atoms with Crippen LogP contribution in [0.4, 0.5) is 0 Å². The molecule has 20 heavy (non-hydrogen) atoms. The van der Waals surface area contributed by atoms with Crippen LogP contribution in [0.1, 0.15) is 63.2 Å². The average molecular weight is 298 g/mol. The highest BCUT2D eigenvalue weighted by Gasteiger charge is 2.32. The number of aryl methyl sites for hydroxylation is 1. The number of esters is 1. The Kier molecular flexibility index (Phi) is 4.98. The Bertz CT molecular complexity index is 487. The monoisotopic (exact) mass is 298 g/mol. The summed E-state index contributed by atoms with van der Waals surface area (Å²) in [6.45, 7) is 14.2. The SMILES string of the molecule is COC(=O)C(C)(C)NC(C)c1sc(C(C)(C)C)nc1C. The van der Waals surface area contributed by atoms with Crippen molar-refractivity contribution in [2.75, 3.05) is 7.11 Å². The van der Waals surface area contributed by atoms with Crippen LogP contribution in [0.3, 0.4) is 0 Å². The zero-order chi connectivity index (χ0) is 15.7. The normalized spacial score (nSPS) is 14.2. The molecule has 1 unspecified atom stereocenters. The largest absolute Gasteiger partial charge is 0.468 e. The van der Waals surface area contributed by atoms with E-state index in [9.17, 15) is 4.79 Å². The minimum absolute atomic E-state index is 0.0469. The van der Waals surface area contributed by atoms with Crippen molar-refractivity contribution in [2.24, 2.45) is 0 Å². The Morgan fingerprint density at radius 3 is 2.25 bits per heavy atom. The number of methoxy groups -OCH3 is 1. The highest BCUT2D eigenvalue weighted by atomic mass is 32.1. The van der Waals surface area contributed by atoms with Crippen LogP contribution in [-0.2, 0) is 14.9 Å². The highest BCUT2D eigenvalue weighted by Crippen LogP contribution is 2.33. The van der Waals surface area contributed by atoms with Gasteiger partial charge in [0, 0.05) is 16.3 Å². The number of nitrogens with one attached hydrogen (secondary N) is 1. The number of rotatable bonds is 4. The smallest absolute Gasteiger partial charge is 0.325 e. The maximum Gasteiger partial charge on any atom is 0.325 e. The van der Waals surface area contributed by atoms with Crippen molar-refractivity contribution in [3.63, 3.8) is 0 Å². The zero-order valence-electron chi connectivity index (χ0n) is 13.7. The summed E-state index contributed by atoms with van der Waals surface area (Å²) in [4.78, 5) is 17.6. The second-order valence-corrected chi connectivity index (χ2v) is 7.73. The Morgan fingerprint density at radius 1 is 1.30 bits per heavy atom. The molecular weight excluding hydrogens is 272 g/mol. The molecule has 0 spiro atoms. The molecule has 114 valence electrons. The quantitative estimate of drug-likeness (QED) is 0.866. The first-order valence-corrected chi connectivity index (χ1v) is 7.64. The minimum Gasteiger partial charge on any atom is -0.468 e. The summed E-state index contributed by atoms with van der Waals surface area (Å²) in [5, 5.41) is 4.44. The van der Waals surface area contributed by atoms with Gasteiger partial charge >= 0.3 is 5.97 Å². The van der Waals surface area contributed by atoms with E-state index in [0.29, 0.717) is 0 Å². The molecule has 1 atom stereocenters. The summed E-state index contributed by atoms with van der Waals surface area (Å²) in [6.07, 6.45) is 0. The van der Waals surface area contributed by atoms with Crippen LogP contribution in [0.25, 0.3) is 0 Å². The van der Waals surface area contributed by atoms with Gasteiger partial charge in [0.15, 0.2) is 0 Å². The lowest BCUT2D eigenvalue weighted by molar-refractivity contribution is -0.147. The van der Waals surface area contributed by atoms with E-state index in [1.165, 1.54) is 12.0 Å². The van der Waals surface area contributed by atoms with Crippen LogP contribution in [0.2, 0.25) is 0 Å². The predicted molar refractivity (Wildman–Crippen MR) is 83.2 cm³/mol. The molecule has 4 nitrogen and oxygen atoms in total. The third-order valence-corrected chi connectivity index (χ3v) is 4.91. The number of aromatic nitrogens is 1. The van der Waals surface area contributed by atoms with Crippen molar-refractivity contribution < 1.29 is 9.53 Å². The molecule has 0 saturated heterocycles. The van der Waals surface area contributed by atoms with Crippen molar-refractivity contribution >= 4 is 17.3 Å². The van der Waals surface area contributed by atoms with Crippen LogP contribution in [0.5, 0.6) is 0 Å². The van der Waals surface area contributed by atoms with Gasteiger partial charge in [-0.05, 0) is 27.7 Å². The molecule has 1 aromatic rings. The number of carbonyl (C=O) groups excluding carboxylic acids is 1. The minimum atomic E-state index is -0.716. The number of hydrogen-bond acceptors (Lipinski definition) is 5. The maximum absolute atomic E-state index is 11.8. The Balaban J connectivity index is 2.96. The molecule has 0 bridgehead atoms. The summed E-state index contributed by atoms with van der Waals surface area (Å²) >= 11 is 1.71. The fourth-order valence-corrected chi connectivity index (χ4v) is 3.18. The second kappa shape index (κ2) is 5.82. The maximum atomic E-state index is 11.8. The first kappa shape index (κ1) is 17.1. The molecule has 0 radical (unpaired) electrons. The molecule has 0 aromatic carbocycles. The van der Waals surface area contributed by atoms with Gasteiger partial charge in [-0.15, -0.1) is 11.3 Å². The number of carbonyl (C=O) groups is 1. The standard InChI is InChI=1S/C15H26N2O2S/c1-9-11(20-12(16-9)14(3,4)5)10(2)17-15(6,7)13(18)19-8/h10,17H,1-8H3. The van der Waals surface area contributed by atoms with E-state index in [-0.39, 0.29) is 17.4 Å². The van der Waals surface area contributed by atoms with Crippen LogP contribution >= 0.6 is 11.3 Å². The first-order valence-electron chi connectivity index (χ1n) is 6.83. The Morgan fingerprint density at radius 2 is 1.85 bits per heavy atom. The third kappa shape index (κ3) is 3.79. The van der Waals surface area contributed by atoms with Gasteiger partial charge in [-0.2, -0.15) is 0 Å². The van der Waals surface area contributed by atoms with Gasteiger partial charge in [0.2, 0.25) is 0 Å². The first-order chi connectivity index (χ1) is 8.99. The summed E-state index contributed by atoms with van der Waals surface area (Å²) in [5.74, 6) is -0.262. The van der Waals surface area contributed by atoms with Crippen molar-refractivity contribution in [1.29, 1.82) is 0 Å². The van der Waals surface area contributed by atoms with Crippen LogP contribution in [0, 0.1) is 6.92 Å². The summed E-state index contributed by atoms with van der Waals surface area (Å²) < 4.78 is 4.83. The van der Waals surface area contributed by atoms with E-state index in [4.69, 9.17) is 4.74 Å². The predicted octanol–water partition coefficient (Wildman–Crippen LogP) is 3.35. The topological polar surface area (TPSA) is 51.2 Å². The van der Waals surface area contributed by atoms with Gasteiger partial charge < -0.3 is 4.74 Å². The van der Waals surface area contributed by atoms with Gasteiger partial charge in [-0.25, -0.2) is 4.98 Å². The second-order valence-electron chi connectivity index (χ2n) is 6.70. The van der Waals surface area contributed by atoms with E-state index in [0.717, 1.165) is 10.7 Å². The summed E-state index contributed by atoms with van der Waals surface area (Å²) in [7, 11) is 1.41. The Hall–Kier alpha value is -0.940. The number of hydrogen-bond donors (Lipinski definition) is 1. The molecule has 0 fully saturated rings. The summed E-state index contributed by atoms with van der Waals surface area (Å²) in [5.41, 5.74) is 0.359. The molecule has 0 aliphatic carbocycles. The molecule has 1 N–H and O–H groups in total. The van der Waals surface area contributed by atoms with E-state index in [1.54, 1.807) is 11.3 Å². The third-order valence-electron chi connectivity index (χ3n) is 3.14. The molecule has 1 rings (SSSR count). The summed E-state index contributed by atoms with van der Waals surface area (Å²) in [6, 6.07) is 0.0534. The Labute approximate surface area is 125 Å². The van der Waals surface area contributed by atoms with Gasteiger partial charge in [0.1, 0.15) is 5.54 Å². The van der Waals surface area contributed by atoms with Crippen molar-refractivity contribution in [3.05, 3.63) is 15.6 Å². The molecule has 5 heteroatoms. The molecule has 0 aliphatic rings. The van der Waals surface area contributed by atoms with E-state index in [1.807, 2.05) is 20.8 Å². The number of nitrogens with zero attached hydrogens (tertiary/aromatic N) is 1. The van der Waals surface area contributed by atoms with E-state index >= 15 is 0 Å². The fraction of sp³-hybridized carbons (Fsp3) is 0.733. The van der Waals surface area contributed by atoms with Gasteiger partial charge in [0.25, 0.3) is 0 Å². The van der Waals surface area contributed by atoms with Gasteiger partial charge in [0.05, 0.1) is 17.8 Å². The molecule has 0 saturated carbocycles. The lowest BCUT2D eigenvalue weighted by atomic mass is 9.98. The number of thiazole rings is 1. The molecule has 1 aromatic heterocycles. The molecule has 0 aliphatic heterocycles. The highest BCUT2D eigenvalue weighted by molar-refractivity contribution is 7.12. The fourth-order valence-electron chi connectivity index (χ4n) is 2.05. The van der Waals surface area contributed by atoms with E-state index in [2.05, 4.69) is 38.0 Å². The van der Waals surface area contributed by atoms with Crippen LogP contribution < -0.4 is 5.32 Å². The average Bonchev–Trinajstić information content (AvgIpc) is 2.69. The number of ether oxygens (including phenoxy) is 1. The zero-order valence-corrected chi connectivity index (χ0v) is 14.6.